The lowest BCUT2D eigenvalue weighted by Crippen LogP contribution is -2.48. The van der Waals surface area contributed by atoms with Gasteiger partial charge >= 0.3 is 11.9 Å². The molecule has 160 valence electrons. The Morgan fingerprint density at radius 1 is 0.933 bits per heavy atom. The summed E-state index contributed by atoms with van der Waals surface area (Å²) in [5.41, 5.74) is 1.87. The third-order valence-corrected chi connectivity index (χ3v) is 4.75. The Hall–Kier alpha value is -3.10. The summed E-state index contributed by atoms with van der Waals surface area (Å²) < 4.78 is 5.30. The lowest BCUT2D eigenvalue weighted by molar-refractivity contribution is -0.159. The number of methoxy groups -OCH3 is 1. The maximum absolute atomic E-state index is 12.7. The highest BCUT2D eigenvalue weighted by molar-refractivity contribution is 6.30. The monoisotopic (exact) mass is 434 g/mol. The average Bonchev–Trinajstić information content (AvgIpc) is 2.75. The SMILES string of the molecule is COc1ccccc1C(=O)N1CCN(Cc2ccc(Cl)cc2)CC1.O=C(O)C(=O)O. The van der Waals surface area contributed by atoms with E-state index < -0.39 is 11.9 Å². The van der Waals surface area contributed by atoms with Gasteiger partial charge in [0.1, 0.15) is 5.75 Å². The first-order valence-corrected chi connectivity index (χ1v) is 9.55. The Morgan fingerprint density at radius 2 is 1.50 bits per heavy atom. The van der Waals surface area contributed by atoms with E-state index in [0.29, 0.717) is 11.3 Å². The highest BCUT2D eigenvalue weighted by Gasteiger charge is 2.24. The molecule has 2 aromatic carbocycles. The molecule has 0 unspecified atom stereocenters. The molecule has 2 aromatic rings. The molecular formula is C21H23ClN2O6. The Balaban J connectivity index is 0.000000469. The molecular weight excluding hydrogens is 412 g/mol. The lowest BCUT2D eigenvalue weighted by atomic mass is 10.1. The van der Waals surface area contributed by atoms with Crippen LogP contribution in [-0.2, 0) is 16.1 Å². The minimum Gasteiger partial charge on any atom is -0.496 e. The minimum absolute atomic E-state index is 0.0404. The highest BCUT2D eigenvalue weighted by atomic mass is 35.5. The fourth-order valence-corrected chi connectivity index (χ4v) is 3.07. The molecule has 1 fully saturated rings. The fraction of sp³-hybridized carbons (Fsp3) is 0.286. The standard InChI is InChI=1S/C19H21ClN2O2.C2H2O4/c1-24-18-5-3-2-4-17(18)19(23)22-12-10-21(11-13-22)14-15-6-8-16(20)9-7-15;3-1(4)2(5)6/h2-9H,10-14H2,1H3;(H,3,4)(H,5,6). The molecule has 3 rings (SSSR count). The predicted octanol–water partition coefficient (Wildman–Crippen LogP) is 2.46. The first kappa shape index (κ1) is 23.2. The van der Waals surface area contributed by atoms with Crippen LogP contribution in [-0.4, -0.2) is 71.1 Å². The molecule has 0 spiro atoms. The van der Waals surface area contributed by atoms with Crippen molar-refractivity contribution < 1.29 is 29.3 Å². The molecule has 1 amide bonds. The Kier molecular flexibility index (Phi) is 8.64. The van der Waals surface area contributed by atoms with Gasteiger partial charge in [0.15, 0.2) is 0 Å². The van der Waals surface area contributed by atoms with Gasteiger partial charge < -0.3 is 19.8 Å². The number of carboxylic acids is 2. The molecule has 1 saturated heterocycles. The van der Waals surface area contributed by atoms with Crippen molar-refractivity contribution in [2.45, 2.75) is 6.54 Å². The first-order chi connectivity index (χ1) is 14.3. The van der Waals surface area contributed by atoms with Crippen LogP contribution < -0.4 is 4.74 Å². The molecule has 30 heavy (non-hydrogen) atoms. The molecule has 1 heterocycles. The van der Waals surface area contributed by atoms with Crippen LogP contribution in [0.2, 0.25) is 5.02 Å². The third kappa shape index (κ3) is 6.75. The second kappa shape index (κ2) is 11.2. The van der Waals surface area contributed by atoms with E-state index in [9.17, 15) is 4.79 Å². The summed E-state index contributed by atoms with van der Waals surface area (Å²) in [7, 11) is 1.59. The Morgan fingerprint density at radius 3 is 2.03 bits per heavy atom. The number of ether oxygens (including phenoxy) is 1. The number of carbonyl (C=O) groups is 3. The van der Waals surface area contributed by atoms with E-state index in [0.717, 1.165) is 37.7 Å². The average molecular weight is 435 g/mol. The molecule has 8 nitrogen and oxygen atoms in total. The highest BCUT2D eigenvalue weighted by Crippen LogP contribution is 2.20. The summed E-state index contributed by atoms with van der Waals surface area (Å²) in [6.07, 6.45) is 0. The van der Waals surface area contributed by atoms with Crippen molar-refractivity contribution in [2.24, 2.45) is 0 Å². The van der Waals surface area contributed by atoms with Gasteiger partial charge in [-0.3, -0.25) is 9.69 Å². The van der Waals surface area contributed by atoms with Crippen LogP contribution in [0.1, 0.15) is 15.9 Å². The van der Waals surface area contributed by atoms with Crippen molar-refractivity contribution in [2.75, 3.05) is 33.3 Å². The Labute approximate surface area is 179 Å². The number of hydrogen-bond acceptors (Lipinski definition) is 5. The number of rotatable bonds is 4. The molecule has 9 heteroatoms. The van der Waals surface area contributed by atoms with E-state index in [1.54, 1.807) is 7.11 Å². The summed E-state index contributed by atoms with van der Waals surface area (Å²) in [6.45, 7) is 4.07. The third-order valence-electron chi connectivity index (χ3n) is 4.50. The zero-order chi connectivity index (χ0) is 22.1. The van der Waals surface area contributed by atoms with Crippen LogP contribution in [0.4, 0.5) is 0 Å². The fourth-order valence-electron chi connectivity index (χ4n) is 2.95. The van der Waals surface area contributed by atoms with Crippen molar-refractivity contribution in [3.8, 4) is 5.75 Å². The maximum atomic E-state index is 12.7. The lowest BCUT2D eigenvalue weighted by Gasteiger charge is -2.35. The summed E-state index contributed by atoms with van der Waals surface area (Å²) in [4.78, 5) is 35.1. The van der Waals surface area contributed by atoms with Crippen LogP contribution in [0.3, 0.4) is 0 Å². The summed E-state index contributed by atoms with van der Waals surface area (Å²) in [6, 6.07) is 15.3. The maximum Gasteiger partial charge on any atom is 0.414 e. The van der Waals surface area contributed by atoms with Gasteiger partial charge in [0.2, 0.25) is 0 Å². The van der Waals surface area contributed by atoms with Gasteiger partial charge in [0, 0.05) is 37.7 Å². The molecule has 1 aliphatic rings. The molecule has 1 aliphatic heterocycles. The number of benzene rings is 2. The second-order valence-corrected chi connectivity index (χ2v) is 6.94. The topological polar surface area (TPSA) is 107 Å². The molecule has 0 atom stereocenters. The molecule has 0 aromatic heterocycles. The van der Waals surface area contributed by atoms with E-state index in [1.807, 2.05) is 41.3 Å². The molecule has 0 aliphatic carbocycles. The van der Waals surface area contributed by atoms with Crippen LogP contribution >= 0.6 is 11.6 Å². The van der Waals surface area contributed by atoms with Crippen molar-refractivity contribution in [3.05, 3.63) is 64.7 Å². The van der Waals surface area contributed by atoms with Gasteiger partial charge in [-0.2, -0.15) is 0 Å². The number of carboxylic acid groups (broad SMARTS) is 2. The van der Waals surface area contributed by atoms with E-state index in [1.165, 1.54) is 5.56 Å². The smallest absolute Gasteiger partial charge is 0.414 e. The van der Waals surface area contributed by atoms with Crippen LogP contribution in [0.5, 0.6) is 5.75 Å². The van der Waals surface area contributed by atoms with E-state index in [4.69, 9.17) is 36.1 Å². The van der Waals surface area contributed by atoms with Gasteiger partial charge in [-0.15, -0.1) is 0 Å². The molecule has 0 saturated carbocycles. The van der Waals surface area contributed by atoms with Crippen LogP contribution in [0, 0.1) is 0 Å². The second-order valence-electron chi connectivity index (χ2n) is 6.51. The van der Waals surface area contributed by atoms with Gasteiger partial charge in [-0.25, -0.2) is 9.59 Å². The van der Waals surface area contributed by atoms with Gasteiger partial charge in [0.25, 0.3) is 5.91 Å². The number of amides is 1. The summed E-state index contributed by atoms with van der Waals surface area (Å²) in [5.74, 6) is -2.98. The van der Waals surface area contributed by atoms with Gasteiger partial charge in [0.05, 0.1) is 12.7 Å². The minimum atomic E-state index is -1.82. The van der Waals surface area contributed by atoms with Crippen molar-refractivity contribution >= 4 is 29.4 Å². The van der Waals surface area contributed by atoms with E-state index in [2.05, 4.69) is 17.0 Å². The summed E-state index contributed by atoms with van der Waals surface area (Å²) in [5, 5.41) is 15.5. The number of halogens is 1. The van der Waals surface area contributed by atoms with E-state index in [-0.39, 0.29) is 5.91 Å². The number of carbonyl (C=O) groups excluding carboxylic acids is 1. The normalized spacial score (nSPS) is 13.7. The van der Waals surface area contributed by atoms with E-state index >= 15 is 0 Å². The van der Waals surface area contributed by atoms with Crippen molar-refractivity contribution in [1.82, 2.24) is 9.80 Å². The first-order valence-electron chi connectivity index (χ1n) is 9.17. The number of nitrogens with zero attached hydrogens (tertiary/aromatic N) is 2. The van der Waals surface area contributed by atoms with Gasteiger partial charge in [-0.05, 0) is 29.8 Å². The number of aliphatic carboxylic acids is 2. The molecule has 0 radical (unpaired) electrons. The van der Waals surface area contributed by atoms with Crippen molar-refractivity contribution in [1.29, 1.82) is 0 Å². The number of para-hydroxylation sites is 1. The quantitative estimate of drug-likeness (QED) is 0.711. The Bertz CT molecular complexity index is 867. The zero-order valence-corrected chi connectivity index (χ0v) is 17.2. The number of piperazine rings is 1. The summed E-state index contributed by atoms with van der Waals surface area (Å²) >= 11 is 5.92. The largest absolute Gasteiger partial charge is 0.496 e. The van der Waals surface area contributed by atoms with Gasteiger partial charge in [-0.1, -0.05) is 35.9 Å². The van der Waals surface area contributed by atoms with Crippen LogP contribution in [0.15, 0.2) is 48.5 Å². The zero-order valence-electron chi connectivity index (χ0n) is 16.5. The van der Waals surface area contributed by atoms with Crippen LogP contribution in [0.25, 0.3) is 0 Å². The molecule has 0 bridgehead atoms. The van der Waals surface area contributed by atoms with Crippen molar-refractivity contribution in [3.63, 3.8) is 0 Å². The number of hydrogen-bond donors (Lipinski definition) is 2. The predicted molar refractivity (Wildman–Crippen MR) is 111 cm³/mol. The molecule has 2 N–H and O–H groups in total.